The van der Waals surface area contributed by atoms with Crippen molar-refractivity contribution in [3.8, 4) is 17.2 Å². The van der Waals surface area contributed by atoms with E-state index in [0.29, 0.717) is 49.1 Å². The fourth-order valence-electron chi connectivity index (χ4n) is 4.50. The molecule has 0 bridgehead atoms. The lowest BCUT2D eigenvalue weighted by molar-refractivity contribution is -0.143. The minimum absolute atomic E-state index is 0.127. The molecule has 3 heterocycles. The summed E-state index contributed by atoms with van der Waals surface area (Å²) in [5, 5.41) is 0. The summed E-state index contributed by atoms with van der Waals surface area (Å²) in [7, 11) is 1.56. The summed E-state index contributed by atoms with van der Waals surface area (Å²) in [6.45, 7) is 2.11. The smallest absolute Gasteiger partial charge is 0.267 e. The van der Waals surface area contributed by atoms with Gasteiger partial charge in [-0.3, -0.25) is 19.3 Å². The summed E-state index contributed by atoms with van der Waals surface area (Å²) in [6, 6.07) is 13.6. The molecular formula is C24H25N3O6. The maximum atomic E-state index is 13.1. The lowest BCUT2D eigenvalue weighted by Gasteiger charge is -2.38. The van der Waals surface area contributed by atoms with Crippen LogP contribution < -0.4 is 19.1 Å². The van der Waals surface area contributed by atoms with Crippen molar-refractivity contribution in [2.45, 2.75) is 18.6 Å². The molecule has 3 aliphatic heterocycles. The van der Waals surface area contributed by atoms with Crippen LogP contribution in [0.3, 0.4) is 0 Å². The summed E-state index contributed by atoms with van der Waals surface area (Å²) in [5.74, 6) is 1.28. The van der Waals surface area contributed by atoms with E-state index in [0.717, 1.165) is 0 Å². The molecule has 3 amide bonds. The number of hydrogen-bond donors (Lipinski definition) is 0. The molecule has 5 rings (SSSR count). The van der Waals surface area contributed by atoms with Gasteiger partial charge in [0.15, 0.2) is 11.5 Å². The van der Waals surface area contributed by atoms with Crippen molar-refractivity contribution >= 4 is 23.4 Å². The van der Waals surface area contributed by atoms with E-state index in [2.05, 4.69) is 0 Å². The van der Waals surface area contributed by atoms with Crippen LogP contribution in [0.15, 0.2) is 48.5 Å². The summed E-state index contributed by atoms with van der Waals surface area (Å²) < 4.78 is 16.7. The molecule has 2 aromatic carbocycles. The summed E-state index contributed by atoms with van der Waals surface area (Å²) in [4.78, 5) is 43.6. The molecule has 172 valence electrons. The summed E-state index contributed by atoms with van der Waals surface area (Å²) >= 11 is 0. The Bertz CT molecular complexity index is 1060. The Kier molecular flexibility index (Phi) is 5.63. The SMILES string of the molecule is COc1ccc(N2C(=O)CC(N3CCN(C(=O)C4COc5ccccc5O4)CC3)C2=O)cc1. The molecule has 9 nitrogen and oxygen atoms in total. The van der Waals surface area contributed by atoms with Crippen LogP contribution in [0.2, 0.25) is 0 Å². The molecule has 2 atom stereocenters. The molecule has 0 N–H and O–H groups in total. The van der Waals surface area contributed by atoms with Crippen molar-refractivity contribution in [1.82, 2.24) is 9.80 Å². The Hall–Kier alpha value is -3.59. The van der Waals surface area contributed by atoms with Crippen LogP contribution in [0.25, 0.3) is 0 Å². The zero-order chi connectivity index (χ0) is 22.9. The van der Waals surface area contributed by atoms with E-state index in [4.69, 9.17) is 14.2 Å². The van der Waals surface area contributed by atoms with Gasteiger partial charge in [-0.2, -0.15) is 0 Å². The highest BCUT2D eigenvalue weighted by Crippen LogP contribution is 2.32. The fourth-order valence-corrected chi connectivity index (χ4v) is 4.50. The van der Waals surface area contributed by atoms with Crippen molar-refractivity contribution in [3.63, 3.8) is 0 Å². The quantitative estimate of drug-likeness (QED) is 0.648. The highest BCUT2D eigenvalue weighted by atomic mass is 16.6. The second-order valence-electron chi connectivity index (χ2n) is 8.21. The first-order valence-corrected chi connectivity index (χ1v) is 11.0. The number of fused-ring (bicyclic) bond motifs is 1. The molecule has 2 fully saturated rings. The van der Waals surface area contributed by atoms with Gasteiger partial charge in [0.2, 0.25) is 12.0 Å². The van der Waals surface area contributed by atoms with Crippen LogP contribution in [-0.4, -0.2) is 79.6 Å². The molecule has 0 radical (unpaired) electrons. The first-order chi connectivity index (χ1) is 16.0. The Morgan fingerprint density at radius 3 is 2.36 bits per heavy atom. The van der Waals surface area contributed by atoms with Crippen LogP contribution in [0.4, 0.5) is 5.69 Å². The van der Waals surface area contributed by atoms with Crippen molar-refractivity contribution in [2.75, 3.05) is 44.8 Å². The molecule has 2 unspecified atom stereocenters. The van der Waals surface area contributed by atoms with Crippen LogP contribution >= 0.6 is 0 Å². The average Bonchev–Trinajstić information content (AvgIpc) is 3.17. The Balaban J connectivity index is 1.19. The molecule has 2 aromatic rings. The number of rotatable bonds is 4. The van der Waals surface area contributed by atoms with Gasteiger partial charge in [0.1, 0.15) is 12.4 Å². The molecule has 2 saturated heterocycles. The number of imide groups is 1. The molecule has 0 spiro atoms. The minimum atomic E-state index is -0.688. The summed E-state index contributed by atoms with van der Waals surface area (Å²) in [5.41, 5.74) is 0.539. The number of ether oxygens (including phenoxy) is 3. The molecular weight excluding hydrogens is 426 g/mol. The van der Waals surface area contributed by atoms with E-state index in [1.807, 2.05) is 23.1 Å². The van der Waals surface area contributed by atoms with E-state index in [1.54, 1.807) is 42.3 Å². The van der Waals surface area contributed by atoms with E-state index >= 15 is 0 Å². The van der Waals surface area contributed by atoms with Gasteiger partial charge >= 0.3 is 0 Å². The van der Waals surface area contributed by atoms with Gasteiger partial charge < -0.3 is 19.1 Å². The van der Waals surface area contributed by atoms with Crippen LogP contribution in [0.5, 0.6) is 17.2 Å². The molecule has 0 aliphatic carbocycles. The molecule has 33 heavy (non-hydrogen) atoms. The van der Waals surface area contributed by atoms with Gasteiger partial charge in [-0.25, -0.2) is 4.90 Å². The van der Waals surface area contributed by atoms with E-state index in [-0.39, 0.29) is 30.7 Å². The lowest BCUT2D eigenvalue weighted by Crippen LogP contribution is -2.57. The van der Waals surface area contributed by atoms with Gasteiger partial charge in [0, 0.05) is 26.2 Å². The topological polar surface area (TPSA) is 88.6 Å². The van der Waals surface area contributed by atoms with Crippen molar-refractivity contribution in [3.05, 3.63) is 48.5 Å². The first-order valence-electron chi connectivity index (χ1n) is 11.0. The number of piperazine rings is 1. The predicted octanol–water partition coefficient (Wildman–Crippen LogP) is 1.31. The zero-order valence-corrected chi connectivity index (χ0v) is 18.3. The Morgan fingerprint density at radius 2 is 1.67 bits per heavy atom. The van der Waals surface area contributed by atoms with Crippen LogP contribution in [0.1, 0.15) is 6.42 Å². The van der Waals surface area contributed by atoms with Gasteiger partial charge in [-0.05, 0) is 36.4 Å². The number of nitrogens with zero attached hydrogens (tertiary/aromatic N) is 3. The number of carbonyl (C=O) groups excluding carboxylic acids is 3. The van der Waals surface area contributed by atoms with E-state index in [1.165, 1.54) is 4.90 Å². The standard InChI is InChI=1S/C24H25N3O6/c1-31-17-8-6-16(7-9-17)27-22(28)14-18(23(27)29)25-10-12-26(13-11-25)24(30)21-15-32-19-4-2-3-5-20(19)33-21/h2-9,18,21H,10-15H2,1H3. The van der Waals surface area contributed by atoms with Crippen molar-refractivity contribution < 1.29 is 28.6 Å². The fraction of sp³-hybridized carbons (Fsp3) is 0.375. The highest BCUT2D eigenvalue weighted by Gasteiger charge is 2.44. The first kappa shape index (κ1) is 21.3. The van der Waals surface area contributed by atoms with Crippen molar-refractivity contribution in [1.29, 1.82) is 0 Å². The lowest BCUT2D eigenvalue weighted by atomic mass is 10.1. The van der Waals surface area contributed by atoms with E-state index < -0.39 is 12.1 Å². The third-order valence-electron chi connectivity index (χ3n) is 6.30. The van der Waals surface area contributed by atoms with Gasteiger partial charge in [-0.15, -0.1) is 0 Å². The number of hydrogen-bond acceptors (Lipinski definition) is 7. The largest absolute Gasteiger partial charge is 0.497 e. The van der Waals surface area contributed by atoms with Crippen LogP contribution in [-0.2, 0) is 14.4 Å². The number of amides is 3. The third kappa shape index (κ3) is 4.00. The summed E-state index contributed by atoms with van der Waals surface area (Å²) in [6.07, 6.45) is -0.554. The predicted molar refractivity (Wildman–Crippen MR) is 118 cm³/mol. The molecule has 0 saturated carbocycles. The second-order valence-corrected chi connectivity index (χ2v) is 8.21. The monoisotopic (exact) mass is 451 g/mol. The zero-order valence-electron chi connectivity index (χ0n) is 18.3. The second kappa shape index (κ2) is 8.74. The van der Waals surface area contributed by atoms with Gasteiger partial charge in [0.05, 0.1) is 25.3 Å². The number of benzene rings is 2. The van der Waals surface area contributed by atoms with E-state index in [9.17, 15) is 14.4 Å². The molecule has 3 aliphatic rings. The third-order valence-corrected chi connectivity index (χ3v) is 6.30. The van der Waals surface area contributed by atoms with Crippen LogP contribution in [0, 0.1) is 0 Å². The van der Waals surface area contributed by atoms with Crippen molar-refractivity contribution in [2.24, 2.45) is 0 Å². The Morgan fingerprint density at radius 1 is 0.970 bits per heavy atom. The number of methoxy groups -OCH3 is 1. The molecule has 9 heteroatoms. The van der Waals surface area contributed by atoms with Gasteiger partial charge in [-0.1, -0.05) is 12.1 Å². The molecule has 0 aromatic heterocycles. The normalized spacial score (nSPS) is 23.1. The maximum Gasteiger partial charge on any atom is 0.267 e. The number of carbonyl (C=O) groups is 3. The average molecular weight is 451 g/mol. The van der Waals surface area contributed by atoms with Gasteiger partial charge in [0.25, 0.3) is 11.8 Å². The minimum Gasteiger partial charge on any atom is -0.497 e. The highest BCUT2D eigenvalue weighted by molar-refractivity contribution is 6.22. The maximum absolute atomic E-state index is 13.1. The Labute approximate surface area is 191 Å². The number of para-hydroxylation sites is 2. The number of anilines is 1.